The van der Waals surface area contributed by atoms with E-state index in [1.807, 2.05) is 48.5 Å². The van der Waals surface area contributed by atoms with Crippen molar-refractivity contribution in [1.82, 2.24) is 15.1 Å². The number of nitrogens with one attached hydrogen (secondary N) is 1. The third-order valence-corrected chi connectivity index (χ3v) is 8.10. The zero-order valence-corrected chi connectivity index (χ0v) is 24.3. The standard InChI is InChI=1S/C31H31FN4O5S/c1-39-16-15-33-26(37)18-35-27(38)19-42-30(21-9-14-24(40-2)25(17-21)41-3)28-29(20-7-5-4-6-8-20)34-36(31(28)35)23-12-10-22(32)11-13-23/h4-14,17,30H,15-16,18-19H2,1-3H3,(H,33,37)/t30-/m0/s1. The molecule has 42 heavy (non-hydrogen) atoms. The van der Waals surface area contributed by atoms with E-state index in [-0.39, 0.29) is 29.4 Å². The van der Waals surface area contributed by atoms with E-state index in [1.165, 1.54) is 28.8 Å². The van der Waals surface area contributed by atoms with Crippen molar-refractivity contribution in [2.75, 3.05) is 51.7 Å². The summed E-state index contributed by atoms with van der Waals surface area (Å²) in [5.74, 6) is 0.686. The van der Waals surface area contributed by atoms with E-state index in [9.17, 15) is 14.0 Å². The van der Waals surface area contributed by atoms with Crippen LogP contribution in [0.5, 0.6) is 11.5 Å². The number of aromatic nitrogens is 2. The average molecular weight is 591 g/mol. The topological polar surface area (TPSA) is 94.9 Å². The van der Waals surface area contributed by atoms with Gasteiger partial charge >= 0.3 is 0 Å². The largest absolute Gasteiger partial charge is 0.493 e. The van der Waals surface area contributed by atoms with Gasteiger partial charge in [-0.2, -0.15) is 5.10 Å². The van der Waals surface area contributed by atoms with Crippen LogP contribution in [0.4, 0.5) is 10.2 Å². The summed E-state index contributed by atoms with van der Waals surface area (Å²) < 4.78 is 31.7. The van der Waals surface area contributed by atoms with Gasteiger partial charge in [0, 0.05) is 24.8 Å². The maximum absolute atomic E-state index is 14.0. The molecule has 3 aromatic carbocycles. The van der Waals surface area contributed by atoms with Gasteiger partial charge < -0.3 is 19.5 Å². The maximum atomic E-state index is 14.0. The highest BCUT2D eigenvalue weighted by Crippen LogP contribution is 2.49. The second-order valence-corrected chi connectivity index (χ2v) is 10.6. The molecule has 1 aliphatic heterocycles. The molecular formula is C31H31FN4O5S. The van der Waals surface area contributed by atoms with Gasteiger partial charge in [-0.25, -0.2) is 9.07 Å². The molecule has 2 amide bonds. The van der Waals surface area contributed by atoms with Crippen molar-refractivity contribution in [3.05, 3.63) is 89.7 Å². The van der Waals surface area contributed by atoms with E-state index >= 15 is 0 Å². The Balaban J connectivity index is 1.75. The lowest BCUT2D eigenvalue weighted by Gasteiger charge is -2.23. The number of ether oxygens (including phenoxy) is 3. The number of methoxy groups -OCH3 is 3. The minimum Gasteiger partial charge on any atom is -0.493 e. The summed E-state index contributed by atoms with van der Waals surface area (Å²) in [5.41, 5.74) is 3.64. The van der Waals surface area contributed by atoms with Gasteiger partial charge in [0.15, 0.2) is 11.5 Å². The monoisotopic (exact) mass is 590 g/mol. The number of rotatable bonds is 10. The Bertz CT molecular complexity index is 1560. The lowest BCUT2D eigenvalue weighted by molar-refractivity contribution is -0.123. The van der Waals surface area contributed by atoms with E-state index in [0.717, 1.165) is 16.7 Å². The van der Waals surface area contributed by atoms with Gasteiger partial charge in [-0.15, -0.1) is 11.8 Å². The van der Waals surface area contributed by atoms with Crippen LogP contribution in [-0.2, 0) is 14.3 Å². The number of anilines is 1. The van der Waals surface area contributed by atoms with Gasteiger partial charge in [0.25, 0.3) is 0 Å². The molecule has 4 aromatic rings. The lowest BCUT2D eigenvalue weighted by Crippen LogP contribution is -2.43. The van der Waals surface area contributed by atoms with E-state index < -0.39 is 5.82 Å². The number of halogens is 1. The van der Waals surface area contributed by atoms with Crippen LogP contribution in [0.25, 0.3) is 16.9 Å². The van der Waals surface area contributed by atoms with Crippen molar-refractivity contribution in [1.29, 1.82) is 0 Å². The number of fused-ring (bicyclic) bond motifs is 1. The first-order valence-corrected chi connectivity index (χ1v) is 14.3. The van der Waals surface area contributed by atoms with Crippen LogP contribution in [0, 0.1) is 5.82 Å². The highest BCUT2D eigenvalue weighted by Gasteiger charge is 2.38. The number of carbonyl (C=O) groups is 2. The fourth-order valence-electron chi connectivity index (χ4n) is 4.86. The van der Waals surface area contributed by atoms with Crippen molar-refractivity contribution in [3.63, 3.8) is 0 Å². The molecule has 1 N–H and O–H groups in total. The van der Waals surface area contributed by atoms with E-state index in [4.69, 9.17) is 19.3 Å². The zero-order chi connectivity index (χ0) is 29.6. The van der Waals surface area contributed by atoms with Gasteiger partial charge in [0.05, 0.1) is 43.2 Å². The first kappa shape index (κ1) is 29.2. The molecule has 218 valence electrons. The van der Waals surface area contributed by atoms with Gasteiger partial charge in [0.2, 0.25) is 11.8 Å². The molecule has 1 aromatic heterocycles. The van der Waals surface area contributed by atoms with Gasteiger partial charge in [-0.3, -0.25) is 14.5 Å². The summed E-state index contributed by atoms with van der Waals surface area (Å²) >= 11 is 1.44. The second-order valence-electron chi connectivity index (χ2n) is 9.47. The summed E-state index contributed by atoms with van der Waals surface area (Å²) in [6.07, 6.45) is 0. The molecule has 0 spiro atoms. The van der Waals surface area contributed by atoms with Crippen LogP contribution in [0.3, 0.4) is 0 Å². The summed E-state index contributed by atoms with van der Waals surface area (Å²) in [4.78, 5) is 28.3. The predicted molar refractivity (Wildman–Crippen MR) is 160 cm³/mol. The number of amides is 2. The van der Waals surface area contributed by atoms with Crippen molar-refractivity contribution in [3.8, 4) is 28.4 Å². The SMILES string of the molecule is COCCNC(=O)CN1C(=O)CS[C@@H](c2ccc(OC)c(OC)c2)c2c(-c3ccccc3)nn(-c3ccc(F)cc3)c21. The summed E-state index contributed by atoms with van der Waals surface area (Å²) in [6, 6.07) is 21.2. The van der Waals surface area contributed by atoms with Crippen LogP contribution in [-0.4, -0.2) is 68.4 Å². The molecule has 0 fully saturated rings. The molecule has 2 heterocycles. The molecule has 0 bridgehead atoms. The van der Waals surface area contributed by atoms with E-state index in [1.54, 1.807) is 38.1 Å². The lowest BCUT2D eigenvalue weighted by atomic mass is 9.99. The Hall–Kier alpha value is -4.35. The molecule has 11 heteroatoms. The third-order valence-electron chi connectivity index (χ3n) is 6.85. The van der Waals surface area contributed by atoms with E-state index in [2.05, 4.69) is 5.32 Å². The highest BCUT2D eigenvalue weighted by atomic mass is 32.2. The number of nitrogens with zero attached hydrogens (tertiary/aromatic N) is 3. The van der Waals surface area contributed by atoms with Gasteiger partial charge in [0.1, 0.15) is 18.2 Å². The molecule has 0 aliphatic carbocycles. The Kier molecular flexibility index (Phi) is 9.09. The molecule has 0 saturated heterocycles. The van der Waals surface area contributed by atoms with Crippen molar-refractivity contribution in [2.45, 2.75) is 5.25 Å². The minimum absolute atomic E-state index is 0.108. The number of hydrogen-bond donors (Lipinski definition) is 1. The van der Waals surface area contributed by atoms with E-state index in [0.29, 0.717) is 41.8 Å². The molecule has 1 aliphatic rings. The third kappa shape index (κ3) is 5.97. The average Bonchev–Trinajstić information content (AvgIpc) is 3.34. The first-order valence-electron chi connectivity index (χ1n) is 13.3. The first-order chi connectivity index (χ1) is 20.4. The number of carbonyl (C=O) groups excluding carboxylic acids is 2. The number of benzene rings is 3. The Morgan fingerprint density at radius 1 is 1.02 bits per heavy atom. The van der Waals surface area contributed by atoms with Gasteiger partial charge in [-0.1, -0.05) is 36.4 Å². The number of hydrogen-bond acceptors (Lipinski definition) is 7. The molecule has 0 radical (unpaired) electrons. The minimum atomic E-state index is -0.399. The zero-order valence-electron chi connectivity index (χ0n) is 23.5. The maximum Gasteiger partial charge on any atom is 0.240 e. The smallest absolute Gasteiger partial charge is 0.240 e. The summed E-state index contributed by atoms with van der Waals surface area (Å²) in [6.45, 7) is 0.420. The summed E-state index contributed by atoms with van der Waals surface area (Å²) in [7, 11) is 4.70. The molecule has 1 atom stereocenters. The molecule has 9 nitrogen and oxygen atoms in total. The number of thioether (sulfide) groups is 1. The fraction of sp³-hybridized carbons (Fsp3) is 0.258. The van der Waals surface area contributed by atoms with Crippen molar-refractivity contribution >= 4 is 29.4 Å². The van der Waals surface area contributed by atoms with Crippen LogP contribution >= 0.6 is 11.8 Å². The fourth-order valence-corrected chi connectivity index (χ4v) is 6.05. The molecular weight excluding hydrogens is 559 g/mol. The van der Waals surface area contributed by atoms with Crippen molar-refractivity contribution in [2.24, 2.45) is 0 Å². The Morgan fingerprint density at radius 3 is 2.45 bits per heavy atom. The van der Waals surface area contributed by atoms with Crippen LogP contribution in [0.15, 0.2) is 72.8 Å². The molecule has 5 rings (SSSR count). The van der Waals surface area contributed by atoms with Crippen LogP contribution in [0.2, 0.25) is 0 Å². The highest BCUT2D eigenvalue weighted by molar-refractivity contribution is 8.00. The van der Waals surface area contributed by atoms with Gasteiger partial charge in [-0.05, 0) is 42.0 Å². The molecule has 0 unspecified atom stereocenters. The summed E-state index contributed by atoms with van der Waals surface area (Å²) in [5, 5.41) is 7.44. The normalized spacial score (nSPS) is 14.7. The predicted octanol–water partition coefficient (Wildman–Crippen LogP) is 4.63. The van der Waals surface area contributed by atoms with Crippen molar-refractivity contribution < 1.29 is 28.2 Å². The van der Waals surface area contributed by atoms with Crippen LogP contribution in [0.1, 0.15) is 16.4 Å². The quantitative estimate of drug-likeness (QED) is 0.269. The van der Waals surface area contributed by atoms with Crippen LogP contribution < -0.4 is 19.7 Å². The Morgan fingerprint density at radius 2 is 1.76 bits per heavy atom. The second kappa shape index (κ2) is 13.1. The Labute approximate surface area is 247 Å². The molecule has 0 saturated carbocycles.